The van der Waals surface area contributed by atoms with Crippen molar-refractivity contribution in [2.45, 2.75) is 38.1 Å². The summed E-state index contributed by atoms with van der Waals surface area (Å²) in [5, 5.41) is 5.23. The first kappa shape index (κ1) is 18.5. The Hall–Kier alpha value is -2.53. The second kappa shape index (κ2) is 7.38. The summed E-state index contributed by atoms with van der Waals surface area (Å²) in [7, 11) is 1.83. The van der Waals surface area contributed by atoms with Gasteiger partial charge in [0.2, 0.25) is 5.88 Å². The van der Waals surface area contributed by atoms with Crippen LogP contribution in [-0.2, 0) is 7.05 Å². The largest absolute Gasteiger partial charge is 0.439 e. The monoisotopic (exact) mass is 450 g/mol. The second-order valence-electron chi connectivity index (χ2n) is 7.85. The number of nitrogens with zero attached hydrogens (tertiary/aromatic N) is 1. The molecule has 4 aromatic rings. The zero-order valence-corrected chi connectivity index (χ0v) is 18.0. The molecule has 29 heavy (non-hydrogen) atoms. The number of aryl methyl sites for hydroxylation is 1. The van der Waals surface area contributed by atoms with Gasteiger partial charge in [0.25, 0.3) is 5.56 Å². The van der Waals surface area contributed by atoms with E-state index in [1.165, 1.54) is 19.3 Å². The summed E-state index contributed by atoms with van der Waals surface area (Å²) in [5.41, 5.74) is 3.32. The van der Waals surface area contributed by atoms with E-state index < -0.39 is 0 Å². The smallest absolute Gasteiger partial charge is 0.262 e. The van der Waals surface area contributed by atoms with Crippen molar-refractivity contribution in [3.8, 4) is 11.1 Å². The number of aromatic nitrogens is 1. The summed E-state index contributed by atoms with van der Waals surface area (Å²) in [6.07, 6.45) is 6.01. The van der Waals surface area contributed by atoms with Crippen molar-refractivity contribution in [2.75, 3.05) is 5.32 Å². The summed E-state index contributed by atoms with van der Waals surface area (Å²) in [6.45, 7) is 0. The van der Waals surface area contributed by atoms with Crippen LogP contribution in [0.2, 0.25) is 0 Å². The topological polar surface area (TPSA) is 47.2 Å². The number of halogens is 1. The molecule has 0 amide bonds. The summed E-state index contributed by atoms with van der Waals surface area (Å²) >= 11 is 3.68. The maximum atomic E-state index is 13.4. The fourth-order valence-electron chi connectivity index (χ4n) is 4.52. The molecule has 0 saturated heterocycles. The van der Waals surface area contributed by atoms with Gasteiger partial charge < -0.3 is 14.3 Å². The van der Waals surface area contributed by atoms with E-state index in [1.54, 1.807) is 4.57 Å². The normalized spacial score (nSPS) is 15.2. The number of hydrogen-bond donors (Lipinski definition) is 1. The van der Waals surface area contributed by atoms with Crippen LogP contribution in [0, 0.1) is 0 Å². The van der Waals surface area contributed by atoms with Crippen LogP contribution in [-0.4, -0.2) is 10.6 Å². The molecule has 5 heteroatoms. The average Bonchev–Trinajstić information content (AvgIpc) is 3.12. The Morgan fingerprint density at radius 3 is 2.55 bits per heavy atom. The minimum Gasteiger partial charge on any atom is -0.439 e. The summed E-state index contributed by atoms with van der Waals surface area (Å²) in [5.74, 6) is 0.701. The van der Waals surface area contributed by atoms with Gasteiger partial charge in [0.15, 0.2) is 5.58 Å². The predicted molar refractivity (Wildman–Crippen MR) is 123 cm³/mol. The van der Waals surface area contributed by atoms with Gasteiger partial charge in [0, 0.05) is 28.5 Å². The van der Waals surface area contributed by atoms with E-state index in [2.05, 4.69) is 21.2 Å². The molecule has 2 aromatic heterocycles. The third kappa shape index (κ3) is 3.08. The highest BCUT2D eigenvalue weighted by atomic mass is 79.9. The first-order chi connectivity index (χ1) is 14.1. The van der Waals surface area contributed by atoms with Crippen LogP contribution in [0.15, 0.2) is 62.2 Å². The highest BCUT2D eigenvalue weighted by Gasteiger charge is 2.25. The Morgan fingerprint density at radius 2 is 1.76 bits per heavy atom. The van der Waals surface area contributed by atoms with Gasteiger partial charge in [-0.2, -0.15) is 0 Å². The molecule has 0 atom stereocenters. The Morgan fingerprint density at radius 1 is 1.03 bits per heavy atom. The number of hydrogen-bond acceptors (Lipinski definition) is 3. The average molecular weight is 451 g/mol. The molecule has 0 unspecified atom stereocenters. The molecule has 1 aliphatic carbocycles. The highest BCUT2D eigenvalue weighted by molar-refractivity contribution is 9.10. The molecule has 1 saturated carbocycles. The van der Waals surface area contributed by atoms with Crippen molar-refractivity contribution in [1.82, 2.24) is 4.57 Å². The van der Waals surface area contributed by atoms with Crippen molar-refractivity contribution < 1.29 is 4.42 Å². The molecule has 5 rings (SSSR count). The quantitative estimate of drug-likeness (QED) is 0.389. The number of pyridine rings is 1. The van der Waals surface area contributed by atoms with Gasteiger partial charge in [-0.1, -0.05) is 65.5 Å². The third-order valence-corrected chi connectivity index (χ3v) is 6.71. The molecule has 148 valence electrons. The Balaban J connectivity index is 1.84. The minimum atomic E-state index is -0.0371. The number of nitrogens with one attached hydrogen (secondary N) is 1. The van der Waals surface area contributed by atoms with Crippen molar-refractivity contribution >= 4 is 43.7 Å². The maximum Gasteiger partial charge on any atom is 0.262 e. The zero-order valence-electron chi connectivity index (χ0n) is 16.4. The molecule has 4 nitrogen and oxygen atoms in total. The summed E-state index contributed by atoms with van der Waals surface area (Å²) in [4.78, 5) is 13.4. The zero-order chi connectivity index (χ0) is 20.0. The van der Waals surface area contributed by atoms with E-state index in [0.717, 1.165) is 39.3 Å². The second-order valence-corrected chi connectivity index (χ2v) is 8.71. The first-order valence-corrected chi connectivity index (χ1v) is 11.0. The highest BCUT2D eigenvalue weighted by Crippen LogP contribution is 2.43. The first-order valence-electron chi connectivity index (χ1n) is 10.2. The van der Waals surface area contributed by atoms with Crippen LogP contribution in [0.25, 0.3) is 33.0 Å². The van der Waals surface area contributed by atoms with E-state index in [0.29, 0.717) is 22.9 Å². The van der Waals surface area contributed by atoms with Crippen LogP contribution >= 0.6 is 15.9 Å². The lowest BCUT2D eigenvalue weighted by molar-refractivity contribution is 0.453. The number of benzene rings is 2. The summed E-state index contributed by atoms with van der Waals surface area (Å²) < 4.78 is 9.08. The summed E-state index contributed by atoms with van der Waals surface area (Å²) in [6, 6.07) is 16.3. The lowest BCUT2D eigenvalue weighted by atomic mass is 9.95. The van der Waals surface area contributed by atoms with Crippen molar-refractivity contribution in [1.29, 1.82) is 0 Å². The number of fused-ring (bicyclic) bond motifs is 3. The Kier molecular flexibility index (Phi) is 4.70. The van der Waals surface area contributed by atoms with Crippen LogP contribution in [0.4, 0.5) is 5.88 Å². The van der Waals surface area contributed by atoms with Crippen LogP contribution in [0.1, 0.15) is 32.1 Å². The SMILES string of the molecule is Cn1c(=O)c2c(-c3ccccc3Br)c(NC3CCCCC3)oc2c2ccccc21. The molecule has 1 N–H and O–H groups in total. The molecule has 0 radical (unpaired) electrons. The molecule has 0 spiro atoms. The standard InChI is InChI=1S/C24H23BrN2O2/c1-27-19-14-8-6-12-17(19)22-21(24(27)28)20(16-11-5-7-13-18(16)25)23(29-22)26-15-9-3-2-4-10-15/h5-8,11-15,26H,2-4,9-10H2,1H3. The number of rotatable bonds is 3. The minimum absolute atomic E-state index is 0.0371. The molecule has 2 heterocycles. The van der Waals surface area contributed by atoms with Gasteiger partial charge in [-0.15, -0.1) is 0 Å². The van der Waals surface area contributed by atoms with Crippen molar-refractivity contribution in [3.05, 3.63) is 63.4 Å². The van der Waals surface area contributed by atoms with E-state index in [-0.39, 0.29) is 5.56 Å². The molecular weight excluding hydrogens is 428 g/mol. The van der Waals surface area contributed by atoms with Crippen molar-refractivity contribution in [3.63, 3.8) is 0 Å². The molecule has 1 fully saturated rings. The fourth-order valence-corrected chi connectivity index (χ4v) is 5.00. The van der Waals surface area contributed by atoms with Crippen LogP contribution in [0.5, 0.6) is 0 Å². The molecular formula is C24H23BrN2O2. The van der Waals surface area contributed by atoms with Gasteiger partial charge in [0.05, 0.1) is 16.5 Å². The van der Waals surface area contributed by atoms with Gasteiger partial charge in [-0.05, 0) is 31.0 Å². The van der Waals surface area contributed by atoms with Crippen LogP contribution < -0.4 is 10.9 Å². The maximum absolute atomic E-state index is 13.4. The fraction of sp³-hybridized carbons (Fsp3) is 0.292. The van der Waals surface area contributed by atoms with Gasteiger partial charge in [-0.25, -0.2) is 0 Å². The lowest BCUT2D eigenvalue weighted by Gasteiger charge is -2.23. The molecule has 0 bridgehead atoms. The lowest BCUT2D eigenvalue weighted by Crippen LogP contribution is -2.22. The predicted octanol–water partition coefficient (Wildman–Crippen LogP) is 6.46. The van der Waals surface area contributed by atoms with Gasteiger partial charge in [-0.3, -0.25) is 4.79 Å². The van der Waals surface area contributed by atoms with Crippen molar-refractivity contribution in [2.24, 2.45) is 7.05 Å². The van der Waals surface area contributed by atoms with Crippen LogP contribution in [0.3, 0.4) is 0 Å². The Labute approximate surface area is 177 Å². The molecule has 2 aromatic carbocycles. The van der Waals surface area contributed by atoms with Gasteiger partial charge >= 0.3 is 0 Å². The van der Waals surface area contributed by atoms with E-state index in [9.17, 15) is 4.79 Å². The van der Waals surface area contributed by atoms with E-state index in [4.69, 9.17) is 4.42 Å². The van der Waals surface area contributed by atoms with E-state index in [1.807, 2.05) is 55.6 Å². The van der Waals surface area contributed by atoms with E-state index >= 15 is 0 Å². The van der Waals surface area contributed by atoms with Gasteiger partial charge in [0.1, 0.15) is 0 Å². The molecule has 0 aliphatic heterocycles. The Bertz CT molecular complexity index is 1270. The number of anilines is 1. The molecule has 1 aliphatic rings. The number of para-hydroxylation sites is 1. The number of furan rings is 1. The third-order valence-electron chi connectivity index (χ3n) is 6.02.